The zero-order chi connectivity index (χ0) is 11.1. The Morgan fingerprint density at radius 1 is 1.56 bits per heavy atom. The van der Waals surface area contributed by atoms with E-state index < -0.39 is 0 Å². The van der Waals surface area contributed by atoms with Gasteiger partial charge in [-0.2, -0.15) is 0 Å². The summed E-state index contributed by atoms with van der Waals surface area (Å²) in [6, 6.07) is 0. The fourth-order valence-electron chi connectivity index (χ4n) is 1.63. The number of carbonyl (C=O) groups excluding carboxylic acids is 1. The number of carbonyl (C=O) groups is 1. The van der Waals surface area contributed by atoms with Gasteiger partial charge in [-0.25, -0.2) is 9.97 Å². The number of aromatic nitrogens is 4. The van der Waals surface area contributed by atoms with Gasteiger partial charge in [-0.1, -0.05) is 0 Å². The van der Waals surface area contributed by atoms with Gasteiger partial charge < -0.3 is 4.98 Å². The van der Waals surface area contributed by atoms with E-state index in [1.165, 1.54) is 0 Å². The normalized spacial score (nSPS) is 11.1. The van der Waals surface area contributed by atoms with Crippen LogP contribution in [0.15, 0.2) is 17.8 Å². The van der Waals surface area contributed by atoms with E-state index in [1.54, 1.807) is 17.5 Å². The van der Waals surface area contributed by atoms with Gasteiger partial charge in [0, 0.05) is 23.5 Å². The van der Waals surface area contributed by atoms with E-state index in [4.69, 9.17) is 0 Å². The average Bonchev–Trinajstić information content (AvgIpc) is 2.95. The highest BCUT2D eigenvalue weighted by Gasteiger charge is 2.12. The molecule has 0 bridgehead atoms. The smallest absolute Gasteiger partial charge is 0.212 e. The van der Waals surface area contributed by atoms with Gasteiger partial charge in [-0.15, -0.1) is 11.3 Å². The molecule has 3 aromatic rings. The minimum atomic E-state index is 0.563. The first-order chi connectivity index (χ1) is 7.79. The second-order valence-corrected chi connectivity index (χ2v) is 4.29. The van der Waals surface area contributed by atoms with Crippen LogP contribution in [0.25, 0.3) is 16.5 Å². The van der Waals surface area contributed by atoms with E-state index in [1.807, 2.05) is 22.9 Å². The van der Waals surface area contributed by atoms with Crippen LogP contribution in [-0.4, -0.2) is 25.6 Å². The van der Waals surface area contributed by atoms with Gasteiger partial charge in [0.25, 0.3) is 0 Å². The fraction of sp³-hybridized carbons (Fsp3) is 0.100. The second kappa shape index (κ2) is 3.28. The summed E-state index contributed by atoms with van der Waals surface area (Å²) in [5.74, 6) is 0.671. The van der Waals surface area contributed by atoms with Crippen molar-refractivity contribution in [2.75, 3.05) is 0 Å². The number of aryl methyl sites for hydroxylation is 1. The number of imidazole rings is 2. The molecule has 0 aromatic carbocycles. The van der Waals surface area contributed by atoms with E-state index in [0.29, 0.717) is 11.5 Å². The number of rotatable bonds is 2. The molecule has 0 fully saturated rings. The molecule has 3 heterocycles. The summed E-state index contributed by atoms with van der Waals surface area (Å²) >= 11 is 1.54. The van der Waals surface area contributed by atoms with Crippen LogP contribution < -0.4 is 0 Å². The van der Waals surface area contributed by atoms with E-state index in [-0.39, 0.29) is 0 Å². The maximum absolute atomic E-state index is 10.7. The van der Waals surface area contributed by atoms with E-state index in [9.17, 15) is 4.79 Å². The molecular formula is C10H8N4OS. The summed E-state index contributed by atoms with van der Waals surface area (Å²) in [6.07, 6.45) is 4.43. The van der Waals surface area contributed by atoms with Gasteiger partial charge in [-0.05, 0) is 6.92 Å². The van der Waals surface area contributed by atoms with Crippen molar-refractivity contribution in [1.29, 1.82) is 0 Å². The number of aromatic amines is 1. The highest BCUT2D eigenvalue weighted by atomic mass is 32.1. The summed E-state index contributed by atoms with van der Waals surface area (Å²) in [5.41, 5.74) is 2.25. The summed E-state index contributed by atoms with van der Waals surface area (Å²) < 4.78 is 1.86. The van der Waals surface area contributed by atoms with Crippen molar-refractivity contribution in [3.05, 3.63) is 29.2 Å². The van der Waals surface area contributed by atoms with Crippen LogP contribution in [0.5, 0.6) is 0 Å². The lowest BCUT2D eigenvalue weighted by atomic mass is 10.4. The molecule has 0 aliphatic heterocycles. The Bertz CT molecular complexity index is 650. The fourth-order valence-corrected chi connectivity index (χ4v) is 2.22. The lowest BCUT2D eigenvalue weighted by molar-refractivity contribution is 0.111. The van der Waals surface area contributed by atoms with Crippen molar-refractivity contribution in [3.8, 4) is 10.7 Å². The zero-order valence-electron chi connectivity index (χ0n) is 8.47. The van der Waals surface area contributed by atoms with Crippen molar-refractivity contribution in [2.45, 2.75) is 6.92 Å². The molecule has 0 saturated heterocycles. The molecule has 0 aliphatic rings. The molecule has 80 valence electrons. The number of hydrogen-bond acceptors (Lipinski definition) is 4. The first-order valence-electron chi connectivity index (χ1n) is 4.72. The van der Waals surface area contributed by atoms with Crippen LogP contribution in [0, 0.1) is 6.92 Å². The topological polar surface area (TPSA) is 63.0 Å². The Kier molecular flexibility index (Phi) is 1.90. The molecule has 6 heteroatoms. The zero-order valence-corrected chi connectivity index (χ0v) is 9.28. The molecule has 0 amide bonds. The minimum absolute atomic E-state index is 0.563. The van der Waals surface area contributed by atoms with Gasteiger partial charge in [0.2, 0.25) is 5.78 Å². The maximum atomic E-state index is 10.7. The minimum Gasteiger partial charge on any atom is -0.321 e. The highest BCUT2D eigenvalue weighted by molar-refractivity contribution is 7.13. The molecule has 1 N–H and O–H groups in total. The summed E-state index contributed by atoms with van der Waals surface area (Å²) in [6.45, 7) is 1.88. The van der Waals surface area contributed by atoms with E-state index >= 15 is 0 Å². The van der Waals surface area contributed by atoms with Crippen molar-refractivity contribution < 1.29 is 4.79 Å². The number of aldehydes is 1. The molecule has 0 aliphatic carbocycles. The van der Waals surface area contributed by atoms with Gasteiger partial charge in [0.1, 0.15) is 16.4 Å². The molecule has 0 saturated carbocycles. The lowest BCUT2D eigenvalue weighted by Crippen LogP contribution is -1.86. The van der Waals surface area contributed by atoms with Gasteiger partial charge in [0.15, 0.2) is 6.29 Å². The van der Waals surface area contributed by atoms with E-state index in [2.05, 4.69) is 15.0 Å². The van der Waals surface area contributed by atoms with Gasteiger partial charge in [-0.3, -0.25) is 9.20 Å². The second-order valence-electron chi connectivity index (χ2n) is 3.40. The van der Waals surface area contributed by atoms with Crippen molar-refractivity contribution in [3.63, 3.8) is 0 Å². The SMILES string of the molecule is Cc1c(C=O)[nH]c2nc(-c3nccs3)cn12. The van der Waals surface area contributed by atoms with Crippen LogP contribution in [0.3, 0.4) is 0 Å². The van der Waals surface area contributed by atoms with Crippen molar-refractivity contribution in [1.82, 2.24) is 19.4 Å². The standard InChI is InChI=1S/C10H8N4OS/c1-6-8(5-15)13-10-12-7(4-14(6)10)9-11-2-3-16-9/h2-5H,1H3,(H,12,13). The predicted octanol–water partition coefficient (Wildman–Crippen LogP) is 1.91. The molecule has 16 heavy (non-hydrogen) atoms. The first-order valence-corrected chi connectivity index (χ1v) is 5.60. The third-order valence-corrected chi connectivity index (χ3v) is 3.27. The Morgan fingerprint density at radius 3 is 3.06 bits per heavy atom. The van der Waals surface area contributed by atoms with Crippen LogP contribution in [-0.2, 0) is 0 Å². The number of thiazole rings is 1. The first kappa shape index (κ1) is 9.29. The number of fused-ring (bicyclic) bond motifs is 1. The third-order valence-electron chi connectivity index (χ3n) is 2.47. The summed E-state index contributed by atoms with van der Waals surface area (Å²) in [7, 11) is 0. The molecule has 3 aromatic heterocycles. The number of nitrogens with one attached hydrogen (secondary N) is 1. The molecular weight excluding hydrogens is 224 g/mol. The Hall–Kier alpha value is -1.95. The van der Waals surface area contributed by atoms with Gasteiger partial charge in [0.05, 0.1) is 0 Å². The molecule has 5 nitrogen and oxygen atoms in total. The van der Waals surface area contributed by atoms with Gasteiger partial charge >= 0.3 is 0 Å². The average molecular weight is 232 g/mol. The number of nitrogens with zero attached hydrogens (tertiary/aromatic N) is 3. The molecule has 0 spiro atoms. The third kappa shape index (κ3) is 1.20. The maximum Gasteiger partial charge on any atom is 0.212 e. The Labute approximate surface area is 94.8 Å². The van der Waals surface area contributed by atoms with Crippen LogP contribution in [0.4, 0.5) is 0 Å². The van der Waals surface area contributed by atoms with E-state index in [0.717, 1.165) is 22.7 Å². The molecule has 3 rings (SSSR count). The molecule has 0 unspecified atom stereocenters. The molecule has 0 radical (unpaired) electrons. The largest absolute Gasteiger partial charge is 0.321 e. The predicted molar refractivity (Wildman–Crippen MR) is 60.8 cm³/mol. The Morgan fingerprint density at radius 2 is 2.44 bits per heavy atom. The molecule has 0 atom stereocenters. The number of H-pyrrole nitrogens is 1. The quantitative estimate of drug-likeness (QED) is 0.686. The highest BCUT2D eigenvalue weighted by Crippen LogP contribution is 2.22. The lowest BCUT2D eigenvalue weighted by Gasteiger charge is -1.89. The number of hydrogen-bond donors (Lipinski definition) is 1. The van der Waals surface area contributed by atoms with Crippen LogP contribution in [0.1, 0.15) is 16.2 Å². The monoisotopic (exact) mass is 232 g/mol. The van der Waals surface area contributed by atoms with Crippen molar-refractivity contribution >= 4 is 23.4 Å². The van der Waals surface area contributed by atoms with Crippen LogP contribution in [0.2, 0.25) is 0 Å². The summed E-state index contributed by atoms with van der Waals surface area (Å²) in [4.78, 5) is 22.3. The van der Waals surface area contributed by atoms with Crippen molar-refractivity contribution in [2.24, 2.45) is 0 Å². The summed E-state index contributed by atoms with van der Waals surface area (Å²) in [5, 5.41) is 2.79. The Balaban J connectivity index is 2.22. The van der Waals surface area contributed by atoms with Crippen LogP contribution >= 0.6 is 11.3 Å².